The van der Waals surface area contributed by atoms with Gasteiger partial charge in [-0.3, -0.25) is 9.59 Å². The molecule has 2 amide bonds. The van der Waals surface area contributed by atoms with Crippen LogP contribution in [0.2, 0.25) is 0 Å². The first-order valence-electron chi connectivity index (χ1n) is 7.67. The molecule has 3 atom stereocenters. The SMILES string of the molecule is C[C@H](NC(=O)[C@@H]1C[C@@H]1C1CC1)C(=O)N1CCS(=O)(=O)CC1. The summed E-state index contributed by atoms with van der Waals surface area (Å²) in [6.07, 6.45) is 3.44. The van der Waals surface area contributed by atoms with Crippen molar-refractivity contribution in [2.45, 2.75) is 32.2 Å². The van der Waals surface area contributed by atoms with Gasteiger partial charge in [0.05, 0.1) is 11.5 Å². The summed E-state index contributed by atoms with van der Waals surface area (Å²) in [6, 6.07) is -0.571. The van der Waals surface area contributed by atoms with Crippen molar-refractivity contribution in [2.75, 3.05) is 24.6 Å². The largest absolute Gasteiger partial charge is 0.344 e. The lowest BCUT2D eigenvalue weighted by Gasteiger charge is -2.29. The highest BCUT2D eigenvalue weighted by Gasteiger charge is 2.51. The van der Waals surface area contributed by atoms with Gasteiger partial charge in [-0.2, -0.15) is 0 Å². The fourth-order valence-electron chi connectivity index (χ4n) is 3.15. The Labute approximate surface area is 125 Å². The standard InChI is InChI=1S/C14H22N2O4S/c1-9(14(18)16-4-6-21(19,20)7-5-16)15-13(17)12-8-11(12)10-2-3-10/h9-12H,2-8H2,1H3,(H,15,17)/t9-,11+,12+/m0/s1. The van der Waals surface area contributed by atoms with Crippen molar-refractivity contribution in [3.05, 3.63) is 0 Å². The second kappa shape index (κ2) is 5.26. The first kappa shape index (κ1) is 14.8. The van der Waals surface area contributed by atoms with E-state index in [1.165, 1.54) is 17.7 Å². The van der Waals surface area contributed by atoms with Gasteiger partial charge in [-0.1, -0.05) is 0 Å². The Morgan fingerprint density at radius 2 is 1.81 bits per heavy atom. The molecule has 0 aromatic rings. The molecule has 1 N–H and O–H groups in total. The van der Waals surface area contributed by atoms with Crippen molar-refractivity contribution < 1.29 is 18.0 Å². The molecule has 21 heavy (non-hydrogen) atoms. The van der Waals surface area contributed by atoms with E-state index in [4.69, 9.17) is 0 Å². The highest BCUT2D eigenvalue weighted by atomic mass is 32.2. The van der Waals surface area contributed by atoms with E-state index in [1.54, 1.807) is 6.92 Å². The molecular weight excluding hydrogens is 292 g/mol. The van der Waals surface area contributed by atoms with Crippen molar-refractivity contribution in [2.24, 2.45) is 17.8 Å². The van der Waals surface area contributed by atoms with Crippen LogP contribution >= 0.6 is 0 Å². The smallest absolute Gasteiger partial charge is 0.244 e. The topological polar surface area (TPSA) is 83.6 Å². The minimum atomic E-state index is -2.99. The van der Waals surface area contributed by atoms with Crippen LogP contribution in [0.4, 0.5) is 0 Å². The van der Waals surface area contributed by atoms with E-state index in [0.29, 0.717) is 5.92 Å². The van der Waals surface area contributed by atoms with Crippen LogP contribution in [0.5, 0.6) is 0 Å². The van der Waals surface area contributed by atoms with Crippen molar-refractivity contribution in [1.29, 1.82) is 0 Å². The van der Waals surface area contributed by atoms with Gasteiger partial charge in [0.2, 0.25) is 11.8 Å². The zero-order chi connectivity index (χ0) is 15.2. The van der Waals surface area contributed by atoms with E-state index in [0.717, 1.165) is 12.3 Å². The molecule has 0 aromatic heterocycles. The third-order valence-electron chi connectivity index (χ3n) is 4.79. The molecule has 0 radical (unpaired) electrons. The lowest BCUT2D eigenvalue weighted by atomic mass is 10.2. The van der Waals surface area contributed by atoms with Gasteiger partial charge in [0.15, 0.2) is 9.84 Å². The van der Waals surface area contributed by atoms with Gasteiger partial charge in [-0.25, -0.2) is 8.42 Å². The molecule has 0 bridgehead atoms. The Bertz CT molecular complexity index is 541. The molecule has 2 saturated carbocycles. The molecule has 1 heterocycles. The maximum atomic E-state index is 12.2. The number of hydrogen-bond acceptors (Lipinski definition) is 4. The summed E-state index contributed by atoms with van der Waals surface area (Å²) >= 11 is 0. The molecule has 6 nitrogen and oxygen atoms in total. The van der Waals surface area contributed by atoms with E-state index >= 15 is 0 Å². The molecule has 2 aliphatic carbocycles. The van der Waals surface area contributed by atoms with Crippen LogP contribution in [0, 0.1) is 17.8 Å². The second-order valence-electron chi connectivity index (χ2n) is 6.55. The van der Waals surface area contributed by atoms with Crippen LogP contribution in [-0.4, -0.2) is 55.8 Å². The lowest BCUT2D eigenvalue weighted by molar-refractivity contribution is -0.136. The average molecular weight is 314 g/mol. The number of rotatable bonds is 4. The minimum absolute atomic E-state index is 0.0163. The number of hydrogen-bond donors (Lipinski definition) is 1. The Morgan fingerprint density at radius 3 is 2.38 bits per heavy atom. The lowest BCUT2D eigenvalue weighted by Crippen LogP contribution is -2.52. The molecule has 0 unspecified atom stereocenters. The van der Waals surface area contributed by atoms with E-state index in [2.05, 4.69) is 5.32 Å². The van der Waals surface area contributed by atoms with Gasteiger partial charge in [0.1, 0.15) is 6.04 Å². The second-order valence-corrected chi connectivity index (χ2v) is 8.85. The summed E-state index contributed by atoms with van der Waals surface area (Å²) in [5, 5.41) is 2.79. The monoisotopic (exact) mass is 314 g/mol. The Morgan fingerprint density at radius 1 is 1.19 bits per heavy atom. The molecule has 3 aliphatic rings. The van der Waals surface area contributed by atoms with Crippen LogP contribution in [-0.2, 0) is 19.4 Å². The molecule has 118 valence electrons. The van der Waals surface area contributed by atoms with Gasteiger partial charge in [-0.15, -0.1) is 0 Å². The van der Waals surface area contributed by atoms with E-state index in [-0.39, 0.29) is 42.3 Å². The predicted molar refractivity (Wildman–Crippen MR) is 77.2 cm³/mol. The highest BCUT2D eigenvalue weighted by molar-refractivity contribution is 7.91. The molecule has 0 aromatic carbocycles. The van der Waals surface area contributed by atoms with Gasteiger partial charge in [-0.05, 0) is 38.0 Å². The molecular formula is C14H22N2O4S. The maximum Gasteiger partial charge on any atom is 0.244 e. The molecule has 7 heteroatoms. The Hall–Kier alpha value is -1.11. The molecule has 1 saturated heterocycles. The van der Waals surface area contributed by atoms with Crippen LogP contribution in [0.15, 0.2) is 0 Å². The Kier molecular flexibility index (Phi) is 3.71. The summed E-state index contributed by atoms with van der Waals surface area (Å²) < 4.78 is 22.7. The third kappa shape index (κ3) is 3.39. The van der Waals surface area contributed by atoms with Crippen molar-refractivity contribution >= 4 is 21.7 Å². The zero-order valence-electron chi connectivity index (χ0n) is 12.2. The van der Waals surface area contributed by atoms with E-state index in [9.17, 15) is 18.0 Å². The summed E-state index contributed by atoms with van der Waals surface area (Å²) in [7, 11) is -2.99. The summed E-state index contributed by atoms with van der Waals surface area (Å²) in [5.41, 5.74) is 0. The molecule has 0 spiro atoms. The van der Waals surface area contributed by atoms with Crippen LogP contribution < -0.4 is 5.32 Å². The first-order chi connectivity index (χ1) is 9.87. The summed E-state index contributed by atoms with van der Waals surface area (Å²) in [4.78, 5) is 25.8. The third-order valence-corrected chi connectivity index (χ3v) is 6.40. The Balaban J connectivity index is 1.47. The minimum Gasteiger partial charge on any atom is -0.344 e. The number of nitrogens with one attached hydrogen (secondary N) is 1. The van der Waals surface area contributed by atoms with E-state index in [1.807, 2.05) is 0 Å². The van der Waals surface area contributed by atoms with Crippen LogP contribution in [0.1, 0.15) is 26.2 Å². The van der Waals surface area contributed by atoms with E-state index < -0.39 is 15.9 Å². The van der Waals surface area contributed by atoms with Gasteiger partial charge in [0.25, 0.3) is 0 Å². The highest BCUT2D eigenvalue weighted by Crippen LogP contribution is 2.54. The van der Waals surface area contributed by atoms with Crippen LogP contribution in [0.25, 0.3) is 0 Å². The summed E-state index contributed by atoms with van der Waals surface area (Å²) in [6.45, 7) is 2.14. The fraction of sp³-hybridized carbons (Fsp3) is 0.857. The van der Waals surface area contributed by atoms with Crippen molar-refractivity contribution in [3.8, 4) is 0 Å². The fourth-order valence-corrected chi connectivity index (χ4v) is 4.35. The number of nitrogens with zero attached hydrogens (tertiary/aromatic N) is 1. The normalized spacial score (nSPS) is 32.3. The zero-order valence-corrected chi connectivity index (χ0v) is 13.1. The van der Waals surface area contributed by atoms with Crippen molar-refractivity contribution in [3.63, 3.8) is 0 Å². The maximum absolute atomic E-state index is 12.2. The first-order valence-corrected chi connectivity index (χ1v) is 9.49. The average Bonchev–Trinajstić information content (AvgIpc) is 3.27. The molecule has 1 aliphatic heterocycles. The van der Waals surface area contributed by atoms with Gasteiger partial charge in [0, 0.05) is 19.0 Å². The van der Waals surface area contributed by atoms with Crippen LogP contribution in [0.3, 0.4) is 0 Å². The molecule has 3 rings (SSSR count). The number of sulfone groups is 1. The van der Waals surface area contributed by atoms with Crippen molar-refractivity contribution in [1.82, 2.24) is 10.2 Å². The number of carbonyl (C=O) groups excluding carboxylic acids is 2. The van der Waals surface area contributed by atoms with Gasteiger partial charge < -0.3 is 10.2 Å². The number of carbonyl (C=O) groups is 2. The predicted octanol–water partition coefficient (Wildman–Crippen LogP) is -0.206. The van der Waals surface area contributed by atoms with Gasteiger partial charge >= 0.3 is 0 Å². The molecule has 3 fully saturated rings. The number of amides is 2. The summed E-state index contributed by atoms with van der Waals surface area (Å²) in [5.74, 6) is 1.21. The quantitative estimate of drug-likeness (QED) is 0.778.